The second-order valence-corrected chi connectivity index (χ2v) is 8.45. The zero-order chi connectivity index (χ0) is 19.6. The van der Waals surface area contributed by atoms with Crippen LogP contribution in [-0.4, -0.2) is 24.5 Å². The molecule has 2 aliphatic rings. The summed E-state index contributed by atoms with van der Waals surface area (Å²) >= 11 is 0. The van der Waals surface area contributed by atoms with Crippen LogP contribution >= 0.6 is 0 Å². The van der Waals surface area contributed by atoms with Crippen LogP contribution < -0.4 is 0 Å². The molecule has 1 aliphatic carbocycles. The van der Waals surface area contributed by atoms with Crippen molar-refractivity contribution in [3.63, 3.8) is 0 Å². The first-order valence-corrected chi connectivity index (χ1v) is 10.5. The minimum Gasteiger partial charge on any atom is -0.302 e. The Kier molecular flexibility index (Phi) is 5.77. The number of hydrogen-bond acceptors (Lipinski definition) is 1. The van der Waals surface area contributed by atoms with Gasteiger partial charge in [0.2, 0.25) is 0 Å². The standard InChI is InChI=1S/C24H28F3N/c25-24(26,27)23-13-11-20(12-14-23)19-7-9-21(10-8-19)22-6-3-15-28(17-22)16-18-4-1-2-5-18/h7-14,18,22H,1-6,15-17H2/t22-/m1/s1. The Labute approximate surface area is 165 Å². The number of benzene rings is 2. The van der Waals surface area contributed by atoms with Gasteiger partial charge in [-0.05, 0) is 72.9 Å². The Bertz CT molecular complexity index is 758. The third-order valence-corrected chi connectivity index (χ3v) is 6.42. The molecule has 0 radical (unpaired) electrons. The van der Waals surface area contributed by atoms with Gasteiger partial charge in [-0.2, -0.15) is 13.2 Å². The van der Waals surface area contributed by atoms with Gasteiger partial charge in [0.15, 0.2) is 0 Å². The molecular weight excluding hydrogens is 359 g/mol. The van der Waals surface area contributed by atoms with Crippen LogP contribution in [0.15, 0.2) is 48.5 Å². The SMILES string of the molecule is FC(F)(F)c1ccc(-c2ccc([C@@H]3CCCN(CC4CCCC4)C3)cc2)cc1. The molecule has 1 atom stereocenters. The van der Waals surface area contributed by atoms with Crippen molar-refractivity contribution in [1.82, 2.24) is 4.90 Å². The summed E-state index contributed by atoms with van der Waals surface area (Å²) in [6, 6.07) is 13.9. The summed E-state index contributed by atoms with van der Waals surface area (Å²) in [6.45, 7) is 3.60. The monoisotopic (exact) mass is 387 g/mol. The van der Waals surface area contributed by atoms with E-state index >= 15 is 0 Å². The maximum atomic E-state index is 12.7. The largest absolute Gasteiger partial charge is 0.416 e. The van der Waals surface area contributed by atoms with E-state index in [1.54, 1.807) is 12.1 Å². The molecule has 2 fully saturated rings. The van der Waals surface area contributed by atoms with Crippen LogP contribution in [0, 0.1) is 5.92 Å². The van der Waals surface area contributed by atoms with Gasteiger partial charge in [-0.25, -0.2) is 0 Å². The van der Waals surface area contributed by atoms with Gasteiger partial charge >= 0.3 is 6.18 Å². The molecule has 1 saturated heterocycles. The first kappa shape index (κ1) is 19.5. The van der Waals surface area contributed by atoms with Crippen LogP contribution in [0.5, 0.6) is 0 Å². The molecule has 2 aromatic rings. The molecule has 2 aromatic carbocycles. The van der Waals surface area contributed by atoms with Crippen molar-refractivity contribution in [3.05, 3.63) is 59.7 Å². The Morgan fingerprint density at radius 2 is 1.39 bits per heavy atom. The number of nitrogens with zero attached hydrogens (tertiary/aromatic N) is 1. The van der Waals surface area contributed by atoms with Crippen molar-refractivity contribution in [3.8, 4) is 11.1 Å². The van der Waals surface area contributed by atoms with E-state index in [0.717, 1.165) is 35.7 Å². The molecule has 0 amide bonds. The van der Waals surface area contributed by atoms with Gasteiger partial charge in [-0.1, -0.05) is 49.2 Å². The van der Waals surface area contributed by atoms with E-state index in [2.05, 4.69) is 17.0 Å². The van der Waals surface area contributed by atoms with E-state index in [0.29, 0.717) is 5.92 Å². The molecule has 4 rings (SSSR count). The van der Waals surface area contributed by atoms with Crippen LogP contribution in [0.3, 0.4) is 0 Å². The number of alkyl halides is 3. The van der Waals surface area contributed by atoms with E-state index in [1.165, 1.54) is 57.2 Å². The van der Waals surface area contributed by atoms with Gasteiger partial charge in [-0.3, -0.25) is 0 Å². The van der Waals surface area contributed by atoms with Crippen molar-refractivity contribution in [2.75, 3.05) is 19.6 Å². The van der Waals surface area contributed by atoms with Crippen LogP contribution in [0.2, 0.25) is 0 Å². The molecule has 4 heteroatoms. The van der Waals surface area contributed by atoms with Crippen molar-refractivity contribution >= 4 is 0 Å². The van der Waals surface area contributed by atoms with Crippen LogP contribution in [0.1, 0.15) is 55.6 Å². The molecule has 0 spiro atoms. The Morgan fingerprint density at radius 1 is 0.786 bits per heavy atom. The Morgan fingerprint density at radius 3 is 2.00 bits per heavy atom. The second kappa shape index (κ2) is 8.28. The fraction of sp³-hybridized carbons (Fsp3) is 0.500. The highest BCUT2D eigenvalue weighted by Crippen LogP contribution is 2.33. The molecule has 0 bridgehead atoms. The summed E-state index contributed by atoms with van der Waals surface area (Å²) in [5, 5.41) is 0. The van der Waals surface area contributed by atoms with Crippen molar-refractivity contribution in [1.29, 1.82) is 0 Å². The van der Waals surface area contributed by atoms with Crippen LogP contribution in [0.4, 0.5) is 13.2 Å². The third kappa shape index (κ3) is 4.60. The normalized spacial score (nSPS) is 21.9. The average molecular weight is 387 g/mol. The van der Waals surface area contributed by atoms with Gasteiger partial charge < -0.3 is 4.90 Å². The highest BCUT2D eigenvalue weighted by Gasteiger charge is 2.30. The number of rotatable bonds is 4. The summed E-state index contributed by atoms with van der Waals surface area (Å²) in [5.74, 6) is 1.46. The van der Waals surface area contributed by atoms with Gasteiger partial charge in [0.05, 0.1) is 5.56 Å². The zero-order valence-corrected chi connectivity index (χ0v) is 16.2. The predicted molar refractivity (Wildman–Crippen MR) is 107 cm³/mol. The lowest BCUT2D eigenvalue weighted by Gasteiger charge is -2.34. The van der Waals surface area contributed by atoms with Gasteiger partial charge in [0.25, 0.3) is 0 Å². The third-order valence-electron chi connectivity index (χ3n) is 6.42. The topological polar surface area (TPSA) is 3.24 Å². The quantitative estimate of drug-likeness (QED) is 0.561. The molecule has 1 aliphatic heterocycles. The average Bonchev–Trinajstić information content (AvgIpc) is 3.21. The lowest BCUT2D eigenvalue weighted by molar-refractivity contribution is -0.137. The molecule has 0 aromatic heterocycles. The van der Waals surface area contributed by atoms with Crippen LogP contribution in [-0.2, 0) is 6.18 Å². The summed E-state index contributed by atoms with van der Waals surface area (Å²) in [6.07, 6.45) is 3.76. The second-order valence-electron chi connectivity index (χ2n) is 8.45. The molecule has 0 unspecified atom stereocenters. The van der Waals surface area contributed by atoms with Crippen molar-refractivity contribution < 1.29 is 13.2 Å². The first-order valence-electron chi connectivity index (χ1n) is 10.5. The van der Waals surface area contributed by atoms with Crippen LogP contribution in [0.25, 0.3) is 11.1 Å². The van der Waals surface area contributed by atoms with Crippen molar-refractivity contribution in [2.24, 2.45) is 5.92 Å². The van der Waals surface area contributed by atoms with E-state index in [1.807, 2.05) is 12.1 Å². The summed E-state index contributed by atoms with van der Waals surface area (Å²) < 4.78 is 38.2. The number of likely N-dealkylation sites (tertiary alicyclic amines) is 1. The fourth-order valence-electron chi connectivity index (χ4n) is 4.85. The predicted octanol–water partition coefficient (Wildman–Crippen LogP) is 6.74. The summed E-state index contributed by atoms with van der Waals surface area (Å²) in [7, 11) is 0. The number of halogens is 3. The number of piperidine rings is 1. The lowest BCUT2D eigenvalue weighted by Crippen LogP contribution is -2.37. The first-order chi connectivity index (χ1) is 13.5. The molecule has 150 valence electrons. The van der Waals surface area contributed by atoms with E-state index < -0.39 is 11.7 Å². The smallest absolute Gasteiger partial charge is 0.302 e. The van der Waals surface area contributed by atoms with Gasteiger partial charge in [0, 0.05) is 13.1 Å². The minimum atomic E-state index is -4.28. The Hall–Kier alpha value is -1.81. The van der Waals surface area contributed by atoms with E-state index in [9.17, 15) is 13.2 Å². The maximum absolute atomic E-state index is 12.7. The lowest BCUT2D eigenvalue weighted by atomic mass is 9.89. The molecule has 0 N–H and O–H groups in total. The molecular formula is C24H28F3N. The van der Waals surface area contributed by atoms with Gasteiger partial charge in [0.1, 0.15) is 0 Å². The zero-order valence-electron chi connectivity index (χ0n) is 16.2. The highest BCUT2D eigenvalue weighted by atomic mass is 19.4. The summed E-state index contributed by atoms with van der Waals surface area (Å²) in [4.78, 5) is 2.65. The number of hydrogen-bond donors (Lipinski definition) is 0. The molecule has 1 saturated carbocycles. The van der Waals surface area contributed by atoms with E-state index in [-0.39, 0.29) is 0 Å². The Balaban J connectivity index is 1.41. The fourth-order valence-corrected chi connectivity index (χ4v) is 4.85. The van der Waals surface area contributed by atoms with E-state index in [4.69, 9.17) is 0 Å². The van der Waals surface area contributed by atoms with Crippen molar-refractivity contribution in [2.45, 2.75) is 50.6 Å². The summed E-state index contributed by atoms with van der Waals surface area (Å²) in [5.41, 5.74) is 2.55. The minimum absolute atomic E-state index is 0.566. The maximum Gasteiger partial charge on any atom is 0.416 e. The molecule has 28 heavy (non-hydrogen) atoms. The highest BCUT2D eigenvalue weighted by molar-refractivity contribution is 5.64. The molecule has 1 heterocycles. The molecule has 1 nitrogen and oxygen atoms in total. The van der Waals surface area contributed by atoms with Gasteiger partial charge in [-0.15, -0.1) is 0 Å².